The molecule has 0 radical (unpaired) electrons. The zero-order chi connectivity index (χ0) is 20.3. The van der Waals surface area contributed by atoms with Gasteiger partial charge in [-0.15, -0.1) is 0 Å². The first-order chi connectivity index (χ1) is 13.7. The SMILES string of the molecule is CCCCCCCCCCCCCCCCCCc1ccccc1OP([O-])[O-]. The largest absolute Gasteiger partial charge is 0.810 e. The van der Waals surface area contributed by atoms with Crippen molar-refractivity contribution >= 4 is 8.60 Å². The molecule has 0 aromatic heterocycles. The van der Waals surface area contributed by atoms with E-state index in [2.05, 4.69) is 6.92 Å². The maximum atomic E-state index is 10.8. The van der Waals surface area contributed by atoms with Gasteiger partial charge in [-0.05, 0) is 24.5 Å². The van der Waals surface area contributed by atoms with Crippen molar-refractivity contribution in [3.63, 3.8) is 0 Å². The zero-order valence-electron chi connectivity index (χ0n) is 18.0. The van der Waals surface area contributed by atoms with Gasteiger partial charge in [0.25, 0.3) is 0 Å². The number of hydrogen-bond donors (Lipinski definition) is 0. The molecule has 0 amide bonds. The summed E-state index contributed by atoms with van der Waals surface area (Å²) < 4.78 is 4.88. The maximum absolute atomic E-state index is 10.8. The maximum Gasteiger partial charge on any atom is 0.122 e. The van der Waals surface area contributed by atoms with Gasteiger partial charge in [0.2, 0.25) is 0 Å². The molecule has 28 heavy (non-hydrogen) atoms. The third kappa shape index (κ3) is 14.4. The summed E-state index contributed by atoms with van der Waals surface area (Å²) in [5.74, 6) is 0.486. The first-order valence-electron chi connectivity index (χ1n) is 11.6. The summed E-state index contributed by atoms with van der Waals surface area (Å²) in [6.45, 7) is 2.28. The molecule has 1 aromatic rings. The Morgan fingerprint density at radius 2 is 1.07 bits per heavy atom. The third-order valence-electron chi connectivity index (χ3n) is 5.45. The first kappa shape index (κ1) is 25.4. The van der Waals surface area contributed by atoms with Crippen LogP contribution in [0, 0.1) is 0 Å². The molecule has 0 N–H and O–H groups in total. The van der Waals surface area contributed by atoms with Crippen LogP contribution in [0.15, 0.2) is 24.3 Å². The molecular weight excluding hydrogens is 367 g/mol. The second-order valence-corrected chi connectivity index (χ2v) is 8.61. The molecule has 0 aliphatic rings. The van der Waals surface area contributed by atoms with Crippen molar-refractivity contribution in [2.75, 3.05) is 0 Å². The van der Waals surface area contributed by atoms with Crippen LogP contribution in [0.1, 0.15) is 115 Å². The summed E-state index contributed by atoms with van der Waals surface area (Å²) in [5, 5.41) is 0. The van der Waals surface area contributed by atoms with Gasteiger partial charge in [0.15, 0.2) is 0 Å². The highest BCUT2D eigenvalue weighted by molar-refractivity contribution is 7.36. The summed E-state index contributed by atoms with van der Waals surface area (Å²) in [4.78, 5) is 21.5. The summed E-state index contributed by atoms with van der Waals surface area (Å²) in [6.07, 6.45) is 22.7. The molecule has 0 aliphatic heterocycles. The van der Waals surface area contributed by atoms with Gasteiger partial charge >= 0.3 is 0 Å². The quantitative estimate of drug-likeness (QED) is 0.186. The van der Waals surface area contributed by atoms with Crippen LogP contribution >= 0.6 is 8.60 Å². The van der Waals surface area contributed by atoms with E-state index in [9.17, 15) is 9.79 Å². The third-order valence-corrected chi connectivity index (χ3v) is 5.79. The molecule has 0 saturated heterocycles. The van der Waals surface area contributed by atoms with Gasteiger partial charge in [0.1, 0.15) is 5.75 Å². The van der Waals surface area contributed by atoms with Gasteiger partial charge in [-0.1, -0.05) is 130 Å². The summed E-state index contributed by atoms with van der Waals surface area (Å²) in [5.41, 5.74) is 0.993. The highest BCUT2D eigenvalue weighted by Gasteiger charge is 2.02. The lowest BCUT2D eigenvalue weighted by atomic mass is 10.0. The van der Waals surface area contributed by atoms with Crippen molar-refractivity contribution in [2.45, 2.75) is 116 Å². The average molecular weight is 409 g/mol. The molecule has 1 aromatic carbocycles. The van der Waals surface area contributed by atoms with E-state index < -0.39 is 8.60 Å². The van der Waals surface area contributed by atoms with E-state index in [1.54, 1.807) is 6.07 Å². The van der Waals surface area contributed by atoms with Crippen molar-refractivity contribution < 1.29 is 14.3 Å². The number of aryl methyl sites for hydroxylation is 1. The van der Waals surface area contributed by atoms with Crippen molar-refractivity contribution in [3.8, 4) is 5.75 Å². The Morgan fingerprint density at radius 3 is 1.54 bits per heavy atom. The average Bonchev–Trinajstić information content (AvgIpc) is 2.68. The van der Waals surface area contributed by atoms with Gasteiger partial charge in [-0.25, -0.2) is 0 Å². The minimum atomic E-state index is -2.83. The van der Waals surface area contributed by atoms with Crippen molar-refractivity contribution in [2.24, 2.45) is 0 Å². The van der Waals surface area contributed by atoms with E-state index in [1.165, 1.54) is 96.3 Å². The van der Waals surface area contributed by atoms with Gasteiger partial charge in [-0.3, -0.25) is 0 Å². The Bertz CT molecular complexity index is 465. The molecule has 162 valence electrons. The van der Waals surface area contributed by atoms with Gasteiger partial charge < -0.3 is 14.3 Å². The fourth-order valence-electron chi connectivity index (χ4n) is 3.74. The van der Waals surface area contributed by atoms with Crippen molar-refractivity contribution in [1.82, 2.24) is 0 Å². The van der Waals surface area contributed by atoms with Crippen LogP contribution in [0.3, 0.4) is 0 Å². The fraction of sp³-hybridized carbons (Fsp3) is 0.750. The lowest BCUT2D eigenvalue weighted by molar-refractivity contribution is -0.310. The molecule has 0 spiro atoms. The lowest BCUT2D eigenvalue weighted by Gasteiger charge is -2.30. The highest BCUT2D eigenvalue weighted by atomic mass is 31.2. The van der Waals surface area contributed by atoms with Crippen LogP contribution in [0.5, 0.6) is 5.75 Å². The predicted octanol–water partition coefficient (Wildman–Crippen LogP) is 6.82. The van der Waals surface area contributed by atoms with Crippen LogP contribution < -0.4 is 14.3 Å². The zero-order valence-corrected chi connectivity index (χ0v) is 18.9. The minimum absolute atomic E-state index is 0.486. The van der Waals surface area contributed by atoms with Crippen molar-refractivity contribution in [3.05, 3.63) is 29.8 Å². The number of benzene rings is 1. The minimum Gasteiger partial charge on any atom is -0.810 e. The number of para-hydroxylation sites is 1. The van der Waals surface area contributed by atoms with Crippen LogP contribution in [0.2, 0.25) is 0 Å². The van der Waals surface area contributed by atoms with Gasteiger partial charge in [0, 0.05) is 0 Å². The molecule has 0 atom stereocenters. The molecule has 4 heteroatoms. The van der Waals surface area contributed by atoms with Crippen LogP contribution in [-0.4, -0.2) is 0 Å². The van der Waals surface area contributed by atoms with E-state index >= 15 is 0 Å². The number of rotatable bonds is 19. The van der Waals surface area contributed by atoms with Gasteiger partial charge in [0.05, 0.1) is 0 Å². The monoisotopic (exact) mass is 408 g/mol. The molecular formula is C24H41O3P-2. The number of hydrogen-bond acceptors (Lipinski definition) is 3. The Kier molecular flexibility index (Phi) is 16.7. The van der Waals surface area contributed by atoms with Crippen LogP contribution in [-0.2, 0) is 6.42 Å². The molecule has 0 bridgehead atoms. The summed E-state index contributed by atoms with van der Waals surface area (Å²) in [7, 11) is -2.83. The molecule has 0 unspecified atom stereocenters. The van der Waals surface area contributed by atoms with E-state index in [0.29, 0.717) is 5.75 Å². The van der Waals surface area contributed by atoms with E-state index in [0.717, 1.165) is 18.4 Å². The second-order valence-electron chi connectivity index (χ2n) is 7.98. The molecule has 0 saturated carbocycles. The topological polar surface area (TPSA) is 55.3 Å². The molecule has 0 aliphatic carbocycles. The molecule has 3 nitrogen and oxygen atoms in total. The molecule has 0 heterocycles. The molecule has 1 rings (SSSR count). The Hall–Kier alpha value is -0.630. The predicted molar refractivity (Wildman–Crippen MR) is 117 cm³/mol. The Balaban J connectivity index is 1.87. The van der Waals surface area contributed by atoms with Crippen LogP contribution in [0.4, 0.5) is 0 Å². The lowest BCUT2D eigenvalue weighted by Crippen LogP contribution is -2.13. The van der Waals surface area contributed by atoms with E-state index in [4.69, 9.17) is 4.52 Å². The van der Waals surface area contributed by atoms with Gasteiger partial charge in [-0.2, -0.15) is 0 Å². The highest BCUT2D eigenvalue weighted by Crippen LogP contribution is 2.27. The summed E-state index contributed by atoms with van der Waals surface area (Å²) >= 11 is 0. The summed E-state index contributed by atoms with van der Waals surface area (Å²) in [6, 6.07) is 7.43. The van der Waals surface area contributed by atoms with E-state index in [-0.39, 0.29) is 0 Å². The molecule has 0 fully saturated rings. The normalized spacial score (nSPS) is 11.3. The van der Waals surface area contributed by atoms with Crippen molar-refractivity contribution in [1.29, 1.82) is 0 Å². The first-order valence-corrected chi connectivity index (χ1v) is 12.7. The Labute approximate surface area is 174 Å². The smallest absolute Gasteiger partial charge is 0.122 e. The number of unbranched alkanes of at least 4 members (excludes halogenated alkanes) is 15. The van der Waals surface area contributed by atoms with E-state index in [1.807, 2.05) is 18.2 Å². The van der Waals surface area contributed by atoms with Crippen LogP contribution in [0.25, 0.3) is 0 Å². The fourth-order valence-corrected chi connectivity index (χ4v) is 4.08. The second kappa shape index (κ2) is 18.4. The standard InChI is InChI=1S/C24H41O3P/c1-2-3-4-5-6-7-8-9-10-11-12-13-14-15-16-17-20-23-21-18-19-22-24(23)27-28(25)26/h18-19,21-22H,2-17,20H2,1H3/q-2. The Morgan fingerprint density at radius 1 is 0.643 bits per heavy atom.